The van der Waals surface area contributed by atoms with Gasteiger partial charge in [-0.1, -0.05) is 0 Å². The largest absolute Gasteiger partial charge is 0.469 e. The molecule has 2 aliphatic rings. The summed E-state index contributed by atoms with van der Waals surface area (Å²) in [5, 5.41) is 3.67. The first-order valence-corrected chi connectivity index (χ1v) is 5.73. The van der Waals surface area contributed by atoms with Crippen LogP contribution in [0, 0.1) is 5.92 Å². The predicted octanol–water partition coefficient (Wildman–Crippen LogP) is 2.66. The third kappa shape index (κ3) is 1.59. The van der Waals surface area contributed by atoms with E-state index in [0.29, 0.717) is 6.04 Å². The van der Waals surface area contributed by atoms with Crippen LogP contribution in [-0.4, -0.2) is 6.54 Å². The summed E-state index contributed by atoms with van der Waals surface area (Å²) in [7, 11) is 0. The van der Waals surface area contributed by atoms with Crippen molar-refractivity contribution in [3.05, 3.63) is 23.7 Å². The fraction of sp³-hybridized carbons (Fsp3) is 0.667. The Balaban J connectivity index is 1.68. The summed E-state index contributed by atoms with van der Waals surface area (Å²) in [6.07, 6.45) is 8.36. The highest BCUT2D eigenvalue weighted by molar-refractivity contribution is 5.24. The number of furan rings is 1. The van der Waals surface area contributed by atoms with Crippen LogP contribution in [0.4, 0.5) is 0 Å². The van der Waals surface area contributed by atoms with E-state index in [0.717, 1.165) is 12.3 Å². The Hall–Kier alpha value is -0.760. The lowest BCUT2D eigenvalue weighted by Crippen LogP contribution is -2.26. The summed E-state index contributed by atoms with van der Waals surface area (Å²) < 4.78 is 5.47. The lowest BCUT2D eigenvalue weighted by molar-refractivity contribution is 0.407. The van der Waals surface area contributed by atoms with Crippen molar-refractivity contribution >= 4 is 0 Å². The molecule has 1 unspecified atom stereocenters. The molecule has 0 amide bonds. The fourth-order valence-corrected chi connectivity index (χ4v) is 2.33. The quantitative estimate of drug-likeness (QED) is 0.794. The maximum Gasteiger partial charge on any atom is 0.108 e. The molecule has 0 bridgehead atoms. The molecule has 2 aliphatic carbocycles. The SMILES string of the molecule is c1cc2c(o1)CCCC2NCC1CC1. The molecule has 1 heterocycles. The molecule has 1 fully saturated rings. The molecule has 1 atom stereocenters. The minimum atomic E-state index is 0.568. The van der Waals surface area contributed by atoms with Crippen LogP contribution in [0.2, 0.25) is 0 Å². The first kappa shape index (κ1) is 8.54. The van der Waals surface area contributed by atoms with Crippen LogP contribution in [0.25, 0.3) is 0 Å². The minimum Gasteiger partial charge on any atom is -0.469 e. The van der Waals surface area contributed by atoms with Crippen LogP contribution in [-0.2, 0) is 6.42 Å². The van der Waals surface area contributed by atoms with E-state index in [1.807, 2.05) is 6.26 Å². The van der Waals surface area contributed by atoms with E-state index in [9.17, 15) is 0 Å². The van der Waals surface area contributed by atoms with Gasteiger partial charge in [0.15, 0.2) is 0 Å². The molecular formula is C12H17NO. The minimum absolute atomic E-state index is 0.568. The Kier molecular flexibility index (Phi) is 2.09. The zero-order valence-electron chi connectivity index (χ0n) is 8.46. The molecule has 2 heteroatoms. The van der Waals surface area contributed by atoms with E-state index in [1.54, 1.807) is 0 Å². The molecule has 1 aromatic rings. The Morgan fingerprint density at radius 2 is 2.29 bits per heavy atom. The second-order valence-electron chi connectivity index (χ2n) is 4.60. The van der Waals surface area contributed by atoms with Crippen LogP contribution >= 0.6 is 0 Å². The van der Waals surface area contributed by atoms with E-state index >= 15 is 0 Å². The van der Waals surface area contributed by atoms with Gasteiger partial charge in [0.05, 0.1) is 6.26 Å². The van der Waals surface area contributed by atoms with Crippen molar-refractivity contribution in [2.75, 3.05) is 6.54 Å². The Bertz CT molecular complexity index is 314. The summed E-state index contributed by atoms with van der Waals surface area (Å²) in [6.45, 7) is 1.20. The zero-order valence-corrected chi connectivity index (χ0v) is 8.46. The number of rotatable bonds is 3. The molecule has 0 spiro atoms. The van der Waals surface area contributed by atoms with Crippen molar-refractivity contribution in [1.29, 1.82) is 0 Å². The van der Waals surface area contributed by atoms with Gasteiger partial charge in [-0.05, 0) is 44.2 Å². The summed E-state index contributed by atoms with van der Waals surface area (Å²) in [4.78, 5) is 0. The average molecular weight is 191 g/mol. The Morgan fingerprint density at radius 3 is 3.14 bits per heavy atom. The lowest BCUT2D eigenvalue weighted by atomic mass is 9.93. The molecule has 0 aromatic carbocycles. The van der Waals surface area contributed by atoms with Gasteiger partial charge in [0.2, 0.25) is 0 Å². The maximum atomic E-state index is 5.47. The Labute approximate surface area is 84.7 Å². The van der Waals surface area contributed by atoms with Crippen molar-refractivity contribution in [2.45, 2.75) is 38.1 Å². The van der Waals surface area contributed by atoms with E-state index < -0.39 is 0 Å². The highest BCUT2D eigenvalue weighted by atomic mass is 16.3. The van der Waals surface area contributed by atoms with Crippen molar-refractivity contribution in [3.8, 4) is 0 Å². The second kappa shape index (κ2) is 3.43. The van der Waals surface area contributed by atoms with Crippen LogP contribution < -0.4 is 5.32 Å². The number of hydrogen-bond acceptors (Lipinski definition) is 2. The molecule has 1 N–H and O–H groups in total. The summed E-state index contributed by atoms with van der Waals surface area (Å²) in [5.74, 6) is 2.18. The summed E-state index contributed by atoms with van der Waals surface area (Å²) in [6, 6.07) is 2.71. The highest BCUT2D eigenvalue weighted by Gasteiger charge is 2.26. The lowest BCUT2D eigenvalue weighted by Gasteiger charge is -2.22. The van der Waals surface area contributed by atoms with Gasteiger partial charge < -0.3 is 9.73 Å². The molecule has 1 saturated carbocycles. The van der Waals surface area contributed by atoms with Gasteiger partial charge in [0, 0.05) is 18.0 Å². The fourth-order valence-electron chi connectivity index (χ4n) is 2.33. The first-order valence-electron chi connectivity index (χ1n) is 5.73. The summed E-state index contributed by atoms with van der Waals surface area (Å²) in [5.41, 5.74) is 1.41. The zero-order chi connectivity index (χ0) is 9.38. The third-order valence-corrected chi connectivity index (χ3v) is 3.40. The third-order valence-electron chi connectivity index (χ3n) is 3.40. The van der Waals surface area contributed by atoms with Crippen LogP contribution in [0.1, 0.15) is 43.0 Å². The molecule has 0 radical (unpaired) electrons. The molecular weight excluding hydrogens is 174 g/mol. The van der Waals surface area contributed by atoms with Crippen LogP contribution in [0.15, 0.2) is 16.7 Å². The Morgan fingerprint density at radius 1 is 1.36 bits per heavy atom. The van der Waals surface area contributed by atoms with E-state index in [2.05, 4.69) is 11.4 Å². The highest BCUT2D eigenvalue weighted by Crippen LogP contribution is 2.33. The molecule has 0 aliphatic heterocycles. The molecule has 0 saturated heterocycles. The van der Waals surface area contributed by atoms with Crippen LogP contribution in [0.3, 0.4) is 0 Å². The molecule has 3 rings (SSSR count). The topological polar surface area (TPSA) is 25.2 Å². The van der Waals surface area contributed by atoms with Gasteiger partial charge in [0.25, 0.3) is 0 Å². The van der Waals surface area contributed by atoms with Gasteiger partial charge in [-0.25, -0.2) is 0 Å². The van der Waals surface area contributed by atoms with Gasteiger partial charge in [-0.3, -0.25) is 0 Å². The van der Waals surface area contributed by atoms with Crippen molar-refractivity contribution in [3.63, 3.8) is 0 Å². The number of nitrogens with one attached hydrogen (secondary N) is 1. The molecule has 76 valence electrons. The standard InChI is InChI=1S/C12H17NO/c1-2-11(13-8-9-4-5-9)10-6-7-14-12(10)3-1/h6-7,9,11,13H,1-5,8H2. The number of fused-ring (bicyclic) bond motifs is 1. The predicted molar refractivity (Wildman–Crippen MR) is 55.1 cm³/mol. The number of hydrogen-bond donors (Lipinski definition) is 1. The van der Waals surface area contributed by atoms with Gasteiger partial charge in [0.1, 0.15) is 5.76 Å². The van der Waals surface area contributed by atoms with Gasteiger partial charge >= 0.3 is 0 Å². The van der Waals surface area contributed by atoms with Gasteiger partial charge in [-0.15, -0.1) is 0 Å². The smallest absolute Gasteiger partial charge is 0.108 e. The van der Waals surface area contributed by atoms with E-state index in [-0.39, 0.29) is 0 Å². The molecule has 1 aromatic heterocycles. The second-order valence-corrected chi connectivity index (χ2v) is 4.60. The monoisotopic (exact) mass is 191 g/mol. The number of aryl methyl sites for hydroxylation is 1. The van der Waals surface area contributed by atoms with E-state index in [4.69, 9.17) is 4.42 Å². The summed E-state index contributed by atoms with van der Waals surface area (Å²) >= 11 is 0. The van der Waals surface area contributed by atoms with Crippen molar-refractivity contribution in [2.24, 2.45) is 5.92 Å². The van der Waals surface area contributed by atoms with Crippen molar-refractivity contribution < 1.29 is 4.42 Å². The average Bonchev–Trinajstić information content (AvgIpc) is 2.91. The maximum absolute atomic E-state index is 5.47. The van der Waals surface area contributed by atoms with E-state index in [1.165, 1.54) is 43.6 Å². The van der Waals surface area contributed by atoms with Gasteiger partial charge in [-0.2, -0.15) is 0 Å². The molecule has 2 nitrogen and oxygen atoms in total. The normalized spacial score (nSPS) is 26.1. The molecule has 14 heavy (non-hydrogen) atoms. The first-order chi connectivity index (χ1) is 6.93. The van der Waals surface area contributed by atoms with Crippen LogP contribution in [0.5, 0.6) is 0 Å². The van der Waals surface area contributed by atoms with Crippen molar-refractivity contribution in [1.82, 2.24) is 5.32 Å².